The highest BCUT2D eigenvalue weighted by Gasteiger charge is 2.37. The predicted molar refractivity (Wildman–Crippen MR) is 83.5 cm³/mol. The third-order valence-corrected chi connectivity index (χ3v) is 5.95. The molecule has 24 heavy (non-hydrogen) atoms. The Morgan fingerprint density at radius 3 is 2.67 bits per heavy atom. The summed E-state index contributed by atoms with van der Waals surface area (Å²) in [4.78, 5) is 11.5. The van der Waals surface area contributed by atoms with E-state index in [0.717, 1.165) is 0 Å². The van der Waals surface area contributed by atoms with E-state index >= 15 is 0 Å². The number of hydrogen-bond acceptors (Lipinski definition) is 7. The maximum absolute atomic E-state index is 12.7. The molecule has 9 heteroatoms. The van der Waals surface area contributed by atoms with Crippen molar-refractivity contribution in [1.82, 2.24) is 9.46 Å². The molecule has 0 saturated carbocycles. The molecule has 1 unspecified atom stereocenters. The van der Waals surface area contributed by atoms with Crippen LogP contribution in [0.5, 0.6) is 5.75 Å². The first-order valence-corrected chi connectivity index (χ1v) is 8.93. The molecule has 0 bridgehead atoms. The highest BCUT2D eigenvalue weighted by Crippen LogP contribution is 2.27. The minimum atomic E-state index is -3.68. The molecule has 0 radical (unpaired) electrons. The SMILES string of the molecule is Cc1cc(OC2CCN(S(=O)(=O)c3c(C)noc3C)C2)cc(=O)o1. The van der Waals surface area contributed by atoms with Crippen molar-refractivity contribution in [2.75, 3.05) is 13.1 Å². The summed E-state index contributed by atoms with van der Waals surface area (Å²) >= 11 is 0. The van der Waals surface area contributed by atoms with Gasteiger partial charge in [0, 0.05) is 12.6 Å². The third-order valence-electron chi connectivity index (χ3n) is 3.84. The second-order valence-corrected chi connectivity index (χ2v) is 7.64. The first-order valence-electron chi connectivity index (χ1n) is 7.49. The molecule has 0 amide bonds. The minimum Gasteiger partial charge on any atom is -0.489 e. The Morgan fingerprint density at radius 2 is 2.04 bits per heavy atom. The van der Waals surface area contributed by atoms with Crippen molar-refractivity contribution in [2.45, 2.75) is 38.2 Å². The summed E-state index contributed by atoms with van der Waals surface area (Å²) in [6, 6.07) is 2.85. The van der Waals surface area contributed by atoms with E-state index in [1.165, 1.54) is 10.4 Å². The lowest BCUT2D eigenvalue weighted by Gasteiger charge is -2.17. The van der Waals surface area contributed by atoms with Crippen molar-refractivity contribution in [1.29, 1.82) is 0 Å². The summed E-state index contributed by atoms with van der Waals surface area (Å²) in [5.41, 5.74) is -0.156. The van der Waals surface area contributed by atoms with Crippen molar-refractivity contribution in [2.24, 2.45) is 0 Å². The Bertz CT molecular complexity index is 895. The number of sulfonamides is 1. The van der Waals surface area contributed by atoms with Gasteiger partial charge in [0.1, 0.15) is 28.2 Å². The van der Waals surface area contributed by atoms with Crippen molar-refractivity contribution >= 4 is 10.0 Å². The van der Waals surface area contributed by atoms with Gasteiger partial charge in [0.15, 0.2) is 5.76 Å². The average Bonchev–Trinajstić information content (AvgIpc) is 3.05. The van der Waals surface area contributed by atoms with Gasteiger partial charge in [-0.05, 0) is 27.2 Å². The smallest absolute Gasteiger partial charge is 0.339 e. The van der Waals surface area contributed by atoms with Crippen LogP contribution in [0.2, 0.25) is 0 Å². The summed E-state index contributed by atoms with van der Waals surface area (Å²) in [7, 11) is -3.68. The zero-order valence-electron chi connectivity index (χ0n) is 13.6. The Morgan fingerprint density at radius 1 is 1.29 bits per heavy atom. The number of nitrogens with zero attached hydrogens (tertiary/aromatic N) is 2. The molecule has 1 aliphatic heterocycles. The number of hydrogen-bond donors (Lipinski definition) is 0. The topological polar surface area (TPSA) is 103 Å². The lowest BCUT2D eigenvalue weighted by Crippen LogP contribution is -2.31. The Labute approximate surface area is 139 Å². The Hall–Kier alpha value is -2.13. The van der Waals surface area contributed by atoms with Gasteiger partial charge in [-0.2, -0.15) is 4.31 Å². The zero-order chi connectivity index (χ0) is 17.5. The van der Waals surface area contributed by atoms with E-state index in [0.29, 0.717) is 30.2 Å². The van der Waals surface area contributed by atoms with Crippen LogP contribution in [0, 0.1) is 20.8 Å². The van der Waals surface area contributed by atoms with Gasteiger partial charge >= 0.3 is 5.63 Å². The fourth-order valence-electron chi connectivity index (χ4n) is 2.82. The van der Waals surface area contributed by atoms with E-state index in [1.54, 1.807) is 26.8 Å². The van der Waals surface area contributed by atoms with Crippen LogP contribution < -0.4 is 10.4 Å². The normalized spacial score (nSPS) is 18.9. The summed E-state index contributed by atoms with van der Waals surface area (Å²) < 4.78 is 42.4. The molecule has 0 N–H and O–H groups in total. The monoisotopic (exact) mass is 354 g/mol. The fourth-order valence-corrected chi connectivity index (χ4v) is 4.60. The first-order chi connectivity index (χ1) is 11.3. The molecular formula is C15H18N2O6S. The molecule has 0 aromatic carbocycles. The molecule has 3 heterocycles. The summed E-state index contributed by atoms with van der Waals surface area (Å²) in [6.07, 6.45) is 0.198. The van der Waals surface area contributed by atoms with Gasteiger partial charge in [0.25, 0.3) is 0 Å². The van der Waals surface area contributed by atoms with Crippen molar-refractivity contribution in [3.63, 3.8) is 0 Å². The number of aryl methyl sites for hydroxylation is 3. The molecule has 1 atom stereocenters. The lowest BCUT2D eigenvalue weighted by molar-refractivity contribution is 0.213. The molecule has 2 aromatic rings. The van der Waals surface area contributed by atoms with Gasteiger partial charge in [-0.1, -0.05) is 5.16 Å². The highest BCUT2D eigenvalue weighted by molar-refractivity contribution is 7.89. The molecular weight excluding hydrogens is 336 g/mol. The largest absolute Gasteiger partial charge is 0.489 e. The molecule has 1 aliphatic rings. The first kappa shape index (κ1) is 16.7. The van der Waals surface area contributed by atoms with E-state index in [1.807, 2.05) is 0 Å². The number of aromatic nitrogens is 1. The van der Waals surface area contributed by atoms with Gasteiger partial charge in [0.05, 0.1) is 12.6 Å². The van der Waals surface area contributed by atoms with Crippen LogP contribution in [-0.4, -0.2) is 37.1 Å². The van der Waals surface area contributed by atoms with Crippen LogP contribution in [0.25, 0.3) is 0 Å². The van der Waals surface area contributed by atoms with Crippen LogP contribution in [0.15, 0.2) is 30.8 Å². The van der Waals surface area contributed by atoms with Gasteiger partial charge < -0.3 is 13.7 Å². The molecule has 0 spiro atoms. The summed E-state index contributed by atoms with van der Waals surface area (Å²) in [5.74, 6) is 1.09. The van der Waals surface area contributed by atoms with Gasteiger partial charge in [-0.15, -0.1) is 0 Å². The fraction of sp³-hybridized carbons (Fsp3) is 0.467. The van der Waals surface area contributed by atoms with Crippen molar-refractivity contribution in [3.05, 3.63) is 39.8 Å². The third kappa shape index (κ3) is 3.09. The molecule has 2 aromatic heterocycles. The Balaban J connectivity index is 1.77. The average molecular weight is 354 g/mol. The Kier molecular flexibility index (Phi) is 4.22. The van der Waals surface area contributed by atoms with Crippen LogP contribution in [-0.2, 0) is 10.0 Å². The van der Waals surface area contributed by atoms with Gasteiger partial charge in [-0.25, -0.2) is 13.2 Å². The van der Waals surface area contributed by atoms with E-state index in [9.17, 15) is 13.2 Å². The summed E-state index contributed by atoms with van der Waals surface area (Å²) in [6.45, 7) is 5.35. The minimum absolute atomic E-state index is 0.111. The van der Waals surface area contributed by atoms with Gasteiger partial charge in [0.2, 0.25) is 10.0 Å². The van der Waals surface area contributed by atoms with Crippen LogP contribution in [0.3, 0.4) is 0 Å². The van der Waals surface area contributed by atoms with Crippen molar-refractivity contribution < 1.29 is 22.1 Å². The summed E-state index contributed by atoms with van der Waals surface area (Å²) in [5, 5.41) is 3.70. The van der Waals surface area contributed by atoms with E-state index in [2.05, 4.69) is 5.16 Å². The zero-order valence-corrected chi connectivity index (χ0v) is 14.4. The van der Waals surface area contributed by atoms with Crippen molar-refractivity contribution in [3.8, 4) is 5.75 Å². The molecule has 130 valence electrons. The highest BCUT2D eigenvalue weighted by atomic mass is 32.2. The second kappa shape index (κ2) is 6.06. The van der Waals surface area contributed by atoms with E-state index in [-0.39, 0.29) is 23.3 Å². The number of rotatable bonds is 4. The maximum atomic E-state index is 12.7. The molecule has 1 fully saturated rings. The lowest BCUT2D eigenvalue weighted by atomic mass is 10.3. The molecule has 0 aliphatic carbocycles. The van der Waals surface area contributed by atoms with Crippen LogP contribution in [0.1, 0.15) is 23.6 Å². The van der Waals surface area contributed by atoms with Crippen LogP contribution >= 0.6 is 0 Å². The molecule has 8 nitrogen and oxygen atoms in total. The second-order valence-electron chi connectivity index (χ2n) is 5.77. The predicted octanol–water partition coefficient (Wildman–Crippen LogP) is 1.40. The van der Waals surface area contributed by atoms with Gasteiger partial charge in [-0.3, -0.25) is 0 Å². The number of ether oxygens (including phenoxy) is 1. The van der Waals surface area contributed by atoms with Crippen LogP contribution in [0.4, 0.5) is 0 Å². The quantitative estimate of drug-likeness (QED) is 0.817. The standard InChI is InChI=1S/C15H18N2O6S/c1-9-6-13(7-14(18)21-9)22-12-4-5-17(8-12)24(19,20)15-10(2)16-23-11(15)3/h6-7,12H,4-5,8H2,1-3H3. The molecule has 3 rings (SSSR count). The maximum Gasteiger partial charge on any atom is 0.339 e. The molecule has 1 saturated heterocycles. The van der Waals surface area contributed by atoms with E-state index < -0.39 is 15.6 Å². The van der Waals surface area contributed by atoms with E-state index in [4.69, 9.17) is 13.7 Å².